The Morgan fingerprint density at radius 2 is 1.55 bits per heavy atom. The maximum atomic E-state index is 13.7. The molecule has 0 aliphatic heterocycles. The summed E-state index contributed by atoms with van der Waals surface area (Å²) >= 11 is 0. The van der Waals surface area contributed by atoms with Gasteiger partial charge in [0.15, 0.2) is 0 Å². The fourth-order valence-corrected chi connectivity index (χ4v) is 5.38. The Bertz CT molecular complexity index is 1000. The summed E-state index contributed by atoms with van der Waals surface area (Å²) in [6.45, 7) is 3.94. The van der Waals surface area contributed by atoms with E-state index in [1.165, 1.54) is 25.7 Å². The third kappa shape index (κ3) is 5.12. The summed E-state index contributed by atoms with van der Waals surface area (Å²) in [6.07, 6.45) is 3.88. The maximum Gasteiger partial charge on any atom is 0.422 e. The van der Waals surface area contributed by atoms with Crippen molar-refractivity contribution in [2.24, 2.45) is 17.8 Å². The summed E-state index contributed by atoms with van der Waals surface area (Å²) in [5.41, 5.74) is -0.735. The van der Waals surface area contributed by atoms with Crippen LogP contribution in [0, 0.1) is 29.4 Å². The van der Waals surface area contributed by atoms with E-state index in [1.54, 1.807) is 12.1 Å². The molecule has 2 aliphatic rings. The summed E-state index contributed by atoms with van der Waals surface area (Å²) in [6, 6.07) is 7.58. The van der Waals surface area contributed by atoms with Crippen molar-refractivity contribution in [3.8, 4) is 5.75 Å². The van der Waals surface area contributed by atoms with Crippen LogP contribution >= 0.6 is 0 Å². The first kappa shape index (κ1) is 23.5. The van der Waals surface area contributed by atoms with Crippen LogP contribution in [0.25, 0.3) is 0 Å². The van der Waals surface area contributed by atoms with Crippen LogP contribution in [0.4, 0.5) is 22.0 Å². The monoisotopic (exact) mass is 464 g/mol. The van der Waals surface area contributed by atoms with Gasteiger partial charge in [0.25, 0.3) is 0 Å². The topological polar surface area (TPSA) is 26.3 Å². The van der Waals surface area contributed by atoms with Gasteiger partial charge in [-0.1, -0.05) is 18.2 Å². The van der Waals surface area contributed by atoms with Gasteiger partial charge in [-0.3, -0.25) is 0 Å². The summed E-state index contributed by atoms with van der Waals surface area (Å²) in [7, 11) is 0. The van der Waals surface area contributed by atoms with Crippen LogP contribution in [0.1, 0.15) is 65.9 Å². The number of halogens is 5. The second-order valence-electron chi connectivity index (χ2n) is 9.11. The highest BCUT2D eigenvalue weighted by Gasteiger charge is 2.38. The van der Waals surface area contributed by atoms with E-state index >= 15 is 0 Å². The van der Waals surface area contributed by atoms with Gasteiger partial charge in [-0.15, -0.1) is 6.58 Å². The second kappa shape index (κ2) is 9.27. The number of allylic oxidation sites excluding steroid dienone is 1. The largest absolute Gasteiger partial charge is 0.423 e. The fraction of sp³-hybridized carbons (Fsp3) is 0.423. The summed E-state index contributed by atoms with van der Waals surface area (Å²) < 4.78 is 70.4. The van der Waals surface area contributed by atoms with Crippen molar-refractivity contribution in [1.82, 2.24) is 0 Å². The number of hydrogen-bond donors (Lipinski definition) is 0. The molecule has 33 heavy (non-hydrogen) atoms. The number of esters is 1. The van der Waals surface area contributed by atoms with Gasteiger partial charge in [-0.2, -0.15) is 13.2 Å². The Morgan fingerprint density at radius 1 is 0.939 bits per heavy atom. The lowest BCUT2D eigenvalue weighted by atomic mass is 9.64. The average Bonchev–Trinajstić information content (AvgIpc) is 2.77. The van der Waals surface area contributed by atoms with Crippen LogP contribution in [0.15, 0.2) is 49.1 Å². The second-order valence-corrected chi connectivity index (χ2v) is 9.11. The van der Waals surface area contributed by atoms with Gasteiger partial charge in [-0.25, -0.2) is 13.6 Å². The molecule has 0 N–H and O–H groups in total. The lowest BCUT2D eigenvalue weighted by Gasteiger charge is -2.41. The number of ether oxygens (including phenoxy) is 1. The standard InChI is InChI=1S/C26H25F5O2/c1-2-15-3-4-20-12-19(10-9-18(20)11-15)16-5-7-17(8-6-16)25(32)33-21-13-22(27)24(23(28)14-21)26(29,30)31/h2,5-8,13-15,18-20H,1,3-4,9-12H2. The zero-order chi connectivity index (χ0) is 23.8. The molecule has 176 valence electrons. The average molecular weight is 464 g/mol. The molecule has 2 saturated carbocycles. The molecule has 0 aromatic heterocycles. The number of hydrogen-bond acceptors (Lipinski definition) is 2. The molecular weight excluding hydrogens is 439 g/mol. The molecule has 4 rings (SSSR count). The predicted molar refractivity (Wildman–Crippen MR) is 114 cm³/mol. The number of carbonyl (C=O) groups is 1. The van der Waals surface area contributed by atoms with Gasteiger partial charge in [0, 0.05) is 12.1 Å². The highest BCUT2D eigenvalue weighted by Crippen LogP contribution is 2.47. The van der Waals surface area contributed by atoms with E-state index in [0.717, 1.165) is 24.3 Å². The van der Waals surface area contributed by atoms with E-state index in [2.05, 4.69) is 12.7 Å². The van der Waals surface area contributed by atoms with Crippen LogP contribution in [0.5, 0.6) is 5.75 Å². The Kier molecular flexibility index (Phi) is 6.59. The molecule has 0 radical (unpaired) electrons. The van der Waals surface area contributed by atoms with Gasteiger partial charge < -0.3 is 4.74 Å². The van der Waals surface area contributed by atoms with Crippen molar-refractivity contribution in [1.29, 1.82) is 0 Å². The van der Waals surface area contributed by atoms with Crippen LogP contribution in [0.2, 0.25) is 0 Å². The Labute approximate surface area is 189 Å². The zero-order valence-corrected chi connectivity index (χ0v) is 18.0. The van der Waals surface area contributed by atoms with Gasteiger partial charge in [0.05, 0.1) is 5.56 Å². The molecule has 0 heterocycles. The minimum absolute atomic E-state index is 0.152. The van der Waals surface area contributed by atoms with E-state index in [9.17, 15) is 26.7 Å². The van der Waals surface area contributed by atoms with Crippen molar-refractivity contribution in [3.05, 3.63) is 77.4 Å². The Hall–Kier alpha value is -2.70. The number of rotatable bonds is 4. The zero-order valence-electron chi connectivity index (χ0n) is 18.0. The van der Waals surface area contributed by atoms with E-state index in [1.807, 2.05) is 12.1 Å². The summed E-state index contributed by atoms with van der Waals surface area (Å²) in [5, 5.41) is 0. The van der Waals surface area contributed by atoms with Crippen LogP contribution in [-0.2, 0) is 6.18 Å². The number of carbonyl (C=O) groups excluding carboxylic acids is 1. The Balaban J connectivity index is 1.41. The van der Waals surface area contributed by atoms with Gasteiger partial charge in [-0.05, 0) is 79.9 Å². The van der Waals surface area contributed by atoms with E-state index in [0.29, 0.717) is 29.9 Å². The quantitative estimate of drug-likeness (QED) is 0.201. The molecule has 4 unspecified atom stereocenters. The molecule has 0 amide bonds. The van der Waals surface area contributed by atoms with Crippen LogP contribution in [0.3, 0.4) is 0 Å². The smallest absolute Gasteiger partial charge is 0.422 e. The lowest BCUT2D eigenvalue weighted by molar-refractivity contribution is -0.142. The van der Waals surface area contributed by atoms with E-state index in [4.69, 9.17) is 4.74 Å². The molecule has 2 fully saturated rings. The first-order chi connectivity index (χ1) is 15.7. The third-order valence-electron chi connectivity index (χ3n) is 7.11. The van der Waals surface area contributed by atoms with Crippen molar-refractivity contribution in [2.45, 2.75) is 50.6 Å². The molecule has 2 nitrogen and oxygen atoms in total. The van der Waals surface area contributed by atoms with Crippen LogP contribution in [-0.4, -0.2) is 5.97 Å². The SMILES string of the molecule is C=CC1CCC2CC(c3ccc(C(=O)Oc4cc(F)c(C(F)(F)F)c(F)c4)cc3)CCC2C1. The highest BCUT2D eigenvalue weighted by molar-refractivity contribution is 5.91. The molecular formula is C26H25F5O2. The Morgan fingerprint density at radius 3 is 2.15 bits per heavy atom. The molecule has 7 heteroatoms. The number of alkyl halides is 3. The van der Waals surface area contributed by atoms with Crippen molar-refractivity contribution < 1.29 is 31.5 Å². The van der Waals surface area contributed by atoms with Gasteiger partial charge in [0.1, 0.15) is 22.9 Å². The van der Waals surface area contributed by atoms with Gasteiger partial charge in [0.2, 0.25) is 0 Å². The predicted octanol–water partition coefficient (Wildman–Crippen LogP) is 7.69. The minimum atomic E-state index is -5.18. The fourth-order valence-electron chi connectivity index (χ4n) is 5.38. The lowest BCUT2D eigenvalue weighted by Crippen LogP contribution is -2.29. The molecule has 2 aliphatic carbocycles. The molecule has 0 spiro atoms. The van der Waals surface area contributed by atoms with Crippen molar-refractivity contribution >= 4 is 5.97 Å². The normalized spacial score (nSPS) is 25.2. The van der Waals surface area contributed by atoms with Crippen molar-refractivity contribution in [2.75, 3.05) is 0 Å². The first-order valence-corrected chi connectivity index (χ1v) is 11.2. The summed E-state index contributed by atoms with van der Waals surface area (Å²) in [4.78, 5) is 12.4. The third-order valence-corrected chi connectivity index (χ3v) is 7.11. The van der Waals surface area contributed by atoms with Gasteiger partial charge >= 0.3 is 12.1 Å². The first-order valence-electron chi connectivity index (χ1n) is 11.2. The molecule has 2 aromatic carbocycles. The number of benzene rings is 2. The minimum Gasteiger partial charge on any atom is -0.423 e. The molecule has 4 atom stereocenters. The maximum absolute atomic E-state index is 13.7. The molecule has 0 bridgehead atoms. The van der Waals surface area contributed by atoms with Crippen molar-refractivity contribution in [3.63, 3.8) is 0 Å². The van der Waals surface area contributed by atoms with E-state index < -0.39 is 35.1 Å². The molecule has 2 aromatic rings. The van der Waals surface area contributed by atoms with E-state index in [-0.39, 0.29) is 5.56 Å². The highest BCUT2D eigenvalue weighted by atomic mass is 19.4. The summed E-state index contributed by atoms with van der Waals surface area (Å²) in [5.74, 6) is -2.70. The number of fused-ring (bicyclic) bond motifs is 1. The van der Waals surface area contributed by atoms with Crippen LogP contribution < -0.4 is 4.74 Å². The molecule has 0 saturated heterocycles.